The number of nitrogens with zero attached hydrogens (tertiary/aromatic N) is 1. The molecule has 17 heavy (non-hydrogen) atoms. The zero-order valence-corrected chi connectivity index (χ0v) is 9.34. The van der Waals surface area contributed by atoms with E-state index >= 15 is 0 Å². The minimum absolute atomic E-state index is 0.408. The van der Waals surface area contributed by atoms with Crippen molar-refractivity contribution in [3.8, 4) is 0 Å². The Bertz CT molecular complexity index is 493. The van der Waals surface area contributed by atoms with Crippen molar-refractivity contribution in [2.24, 2.45) is 0 Å². The average molecular weight is 237 g/mol. The first-order valence-electron chi connectivity index (χ1n) is 5.21. The average Bonchev–Trinajstić information content (AvgIpc) is 2.36. The second-order valence-electron chi connectivity index (χ2n) is 3.94. The van der Waals surface area contributed by atoms with Crippen molar-refractivity contribution >= 4 is 0 Å². The van der Waals surface area contributed by atoms with Crippen LogP contribution in [-0.4, -0.2) is 25.3 Å². The Morgan fingerprint density at radius 3 is 3.18 bits per heavy atom. The normalized spacial score (nSPS) is 23.3. The van der Waals surface area contributed by atoms with E-state index in [1.54, 1.807) is 0 Å². The van der Waals surface area contributed by atoms with Crippen molar-refractivity contribution in [3.05, 3.63) is 47.0 Å². The molecular formula is C11H12FN3O2. The van der Waals surface area contributed by atoms with Crippen LogP contribution in [0.5, 0.6) is 0 Å². The van der Waals surface area contributed by atoms with Crippen LogP contribution in [0.4, 0.5) is 4.39 Å². The summed E-state index contributed by atoms with van der Waals surface area (Å²) in [6, 6.07) is 0. The van der Waals surface area contributed by atoms with Gasteiger partial charge in [0.05, 0.1) is 12.3 Å². The van der Waals surface area contributed by atoms with Crippen molar-refractivity contribution < 1.29 is 14.0 Å². The Kier molecular flexibility index (Phi) is 2.12. The number of ether oxygens (including phenoxy) is 1. The van der Waals surface area contributed by atoms with Gasteiger partial charge in [-0.1, -0.05) is 6.58 Å². The quantitative estimate of drug-likeness (QED) is 0.611. The summed E-state index contributed by atoms with van der Waals surface area (Å²) in [4.78, 5) is 7.08. The van der Waals surface area contributed by atoms with Crippen LogP contribution < -0.4 is 10.8 Å². The Hall–Kier alpha value is -1.95. The van der Waals surface area contributed by atoms with E-state index in [9.17, 15) is 4.39 Å². The molecule has 90 valence electrons. The van der Waals surface area contributed by atoms with Crippen LogP contribution in [-0.2, 0) is 9.57 Å². The summed E-state index contributed by atoms with van der Waals surface area (Å²) in [5.41, 5.74) is 5.28. The van der Waals surface area contributed by atoms with Crippen molar-refractivity contribution in [2.75, 3.05) is 20.4 Å². The molecule has 0 aromatic heterocycles. The van der Waals surface area contributed by atoms with Gasteiger partial charge in [0.25, 0.3) is 0 Å². The lowest BCUT2D eigenvalue weighted by molar-refractivity contribution is 0.0773. The van der Waals surface area contributed by atoms with Crippen molar-refractivity contribution in [2.45, 2.75) is 0 Å². The molecule has 2 N–H and O–H groups in total. The predicted octanol–water partition coefficient (Wildman–Crippen LogP) is 0.834. The Morgan fingerprint density at radius 1 is 1.53 bits per heavy atom. The molecule has 0 radical (unpaired) electrons. The monoisotopic (exact) mass is 237 g/mol. The van der Waals surface area contributed by atoms with Gasteiger partial charge >= 0.3 is 0 Å². The van der Waals surface area contributed by atoms with E-state index in [2.05, 4.69) is 17.4 Å². The number of hydrogen-bond acceptors (Lipinski definition) is 5. The molecule has 6 heteroatoms. The minimum Gasteiger partial charge on any atom is -0.377 e. The number of fused-ring (bicyclic) bond motifs is 1. The molecule has 3 heterocycles. The van der Waals surface area contributed by atoms with Crippen LogP contribution in [0.15, 0.2) is 47.0 Å². The number of halogens is 1. The van der Waals surface area contributed by atoms with Gasteiger partial charge in [0.1, 0.15) is 12.4 Å². The molecule has 0 aromatic rings. The summed E-state index contributed by atoms with van der Waals surface area (Å²) in [7, 11) is 1.87. The van der Waals surface area contributed by atoms with Crippen LogP contribution in [0.1, 0.15) is 0 Å². The van der Waals surface area contributed by atoms with Gasteiger partial charge in [-0.25, -0.2) is 0 Å². The van der Waals surface area contributed by atoms with Crippen LogP contribution in [0, 0.1) is 0 Å². The summed E-state index contributed by atoms with van der Waals surface area (Å²) in [5.74, 6) is 0.0298. The smallest absolute Gasteiger partial charge is 0.220 e. The number of rotatable bonds is 0. The highest BCUT2D eigenvalue weighted by Crippen LogP contribution is 2.36. The molecule has 0 aliphatic carbocycles. The first-order chi connectivity index (χ1) is 8.18. The van der Waals surface area contributed by atoms with Crippen LogP contribution in [0.2, 0.25) is 0 Å². The van der Waals surface area contributed by atoms with Crippen molar-refractivity contribution in [1.82, 2.24) is 15.7 Å². The summed E-state index contributed by atoms with van der Waals surface area (Å²) in [6.45, 7) is 4.82. The fourth-order valence-corrected chi connectivity index (χ4v) is 2.04. The Morgan fingerprint density at radius 2 is 2.35 bits per heavy atom. The van der Waals surface area contributed by atoms with E-state index in [-0.39, 0.29) is 0 Å². The van der Waals surface area contributed by atoms with Gasteiger partial charge in [-0.05, 0) is 0 Å². The van der Waals surface area contributed by atoms with Crippen molar-refractivity contribution in [3.63, 3.8) is 0 Å². The Labute approximate surface area is 97.8 Å². The fraction of sp³-hybridized carbons (Fsp3) is 0.273. The molecule has 0 spiro atoms. The van der Waals surface area contributed by atoms with E-state index in [1.807, 2.05) is 11.9 Å². The number of likely N-dealkylation sites (N-methyl/N-ethyl adjacent to an activating group) is 1. The van der Waals surface area contributed by atoms with Gasteiger partial charge in [-0.2, -0.15) is 9.87 Å². The first kappa shape index (κ1) is 10.2. The number of allylic oxidation sites excluding steroid dienone is 1. The molecule has 3 aliphatic rings. The Balaban J connectivity index is 2.15. The van der Waals surface area contributed by atoms with Crippen LogP contribution in [0.25, 0.3) is 0 Å². The summed E-state index contributed by atoms with van der Waals surface area (Å²) in [6.07, 6.45) is 1.37. The summed E-state index contributed by atoms with van der Waals surface area (Å²) < 4.78 is 18.5. The van der Waals surface area contributed by atoms with Crippen molar-refractivity contribution in [1.29, 1.82) is 0 Å². The third kappa shape index (κ3) is 1.41. The van der Waals surface area contributed by atoms with Crippen LogP contribution in [0.3, 0.4) is 0 Å². The van der Waals surface area contributed by atoms with E-state index in [0.717, 1.165) is 11.4 Å². The number of hydrogen-bond donors (Lipinski definition) is 2. The van der Waals surface area contributed by atoms with Gasteiger partial charge in [-0.15, -0.1) is 0 Å². The van der Waals surface area contributed by atoms with E-state index in [4.69, 9.17) is 9.57 Å². The van der Waals surface area contributed by atoms with Gasteiger partial charge in [-0.3, -0.25) is 0 Å². The third-order valence-corrected chi connectivity index (χ3v) is 2.99. The first-order valence-corrected chi connectivity index (χ1v) is 5.21. The summed E-state index contributed by atoms with van der Waals surface area (Å²) >= 11 is 0. The number of hydroxylamine groups is 1. The zero-order valence-electron chi connectivity index (χ0n) is 9.34. The highest BCUT2D eigenvalue weighted by molar-refractivity contribution is 5.53. The van der Waals surface area contributed by atoms with Gasteiger partial charge in [0, 0.05) is 24.4 Å². The largest absolute Gasteiger partial charge is 0.377 e. The summed E-state index contributed by atoms with van der Waals surface area (Å²) in [5, 5.41) is 3.09. The number of nitrogens with one attached hydrogen (secondary N) is 2. The van der Waals surface area contributed by atoms with Gasteiger partial charge < -0.3 is 19.8 Å². The van der Waals surface area contributed by atoms with Gasteiger partial charge in [0.15, 0.2) is 5.76 Å². The second-order valence-corrected chi connectivity index (χ2v) is 3.94. The molecule has 0 bridgehead atoms. The lowest BCUT2D eigenvalue weighted by Crippen LogP contribution is -2.39. The predicted molar refractivity (Wildman–Crippen MR) is 58.3 cm³/mol. The highest BCUT2D eigenvalue weighted by Gasteiger charge is 2.33. The zero-order chi connectivity index (χ0) is 12.0. The molecular weight excluding hydrogens is 225 g/mol. The SMILES string of the molecule is C=C1C2=C(ONC(F)=C2)C2=C(COCN2)N1C. The molecule has 0 amide bonds. The van der Waals surface area contributed by atoms with E-state index < -0.39 is 5.95 Å². The van der Waals surface area contributed by atoms with E-state index in [1.165, 1.54) is 6.08 Å². The minimum atomic E-state index is -0.533. The molecule has 0 saturated carbocycles. The van der Waals surface area contributed by atoms with Crippen LogP contribution >= 0.6 is 0 Å². The molecule has 0 atom stereocenters. The molecule has 0 fully saturated rings. The van der Waals surface area contributed by atoms with E-state index in [0.29, 0.717) is 30.4 Å². The second kappa shape index (κ2) is 3.53. The molecule has 0 aromatic carbocycles. The lowest BCUT2D eigenvalue weighted by atomic mass is 10.0. The maximum atomic E-state index is 13.1. The molecule has 3 aliphatic heterocycles. The highest BCUT2D eigenvalue weighted by atomic mass is 19.1. The topological polar surface area (TPSA) is 45.8 Å². The molecule has 5 nitrogen and oxygen atoms in total. The fourth-order valence-electron chi connectivity index (χ4n) is 2.04. The van der Waals surface area contributed by atoms with Gasteiger partial charge in [0.2, 0.25) is 5.95 Å². The standard InChI is InChI=1S/C11H12FN3O2/c1-6-7-3-9(12)14-17-11(7)10-8(15(6)2)4-16-5-13-10/h3,13-14H,1,4-5H2,2H3. The molecule has 0 saturated heterocycles. The maximum Gasteiger partial charge on any atom is 0.220 e. The lowest BCUT2D eigenvalue weighted by Gasteiger charge is -2.37. The third-order valence-electron chi connectivity index (χ3n) is 2.99. The maximum absolute atomic E-state index is 13.1. The molecule has 3 rings (SSSR count). The molecule has 0 unspecified atom stereocenters.